The van der Waals surface area contributed by atoms with Crippen LogP contribution in [0.4, 0.5) is 10.5 Å². The van der Waals surface area contributed by atoms with E-state index in [4.69, 9.17) is 21.7 Å². The number of ether oxygens (including phenoxy) is 2. The summed E-state index contributed by atoms with van der Waals surface area (Å²) in [6, 6.07) is 6.50. The molecule has 8 nitrogen and oxygen atoms in total. The number of carbonyl (C=O) groups is 2. The van der Waals surface area contributed by atoms with E-state index < -0.39 is 12.0 Å². The summed E-state index contributed by atoms with van der Waals surface area (Å²) < 4.78 is 10.3. The second-order valence-electron chi connectivity index (χ2n) is 6.18. The molecule has 1 aromatic rings. The third-order valence-electron chi connectivity index (χ3n) is 4.33. The molecule has 152 valence electrons. The molecular formula is C19H26N4O4S. The lowest BCUT2D eigenvalue weighted by atomic mass is 9.95. The number of rotatable bonds is 7. The van der Waals surface area contributed by atoms with Crippen LogP contribution in [-0.4, -0.2) is 55.9 Å². The zero-order chi connectivity index (χ0) is 20.7. The number of nitrogens with zero attached hydrogens (tertiary/aromatic N) is 1. The minimum atomic E-state index is -0.447. The number of amides is 2. The van der Waals surface area contributed by atoms with E-state index in [2.05, 4.69) is 16.0 Å². The van der Waals surface area contributed by atoms with E-state index >= 15 is 0 Å². The Morgan fingerprint density at radius 1 is 1.25 bits per heavy atom. The molecule has 9 heteroatoms. The van der Waals surface area contributed by atoms with Gasteiger partial charge in [0.25, 0.3) is 0 Å². The third-order valence-corrected chi connectivity index (χ3v) is 4.73. The fourth-order valence-electron chi connectivity index (χ4n) is 2.74. The van der Waals surface area contributed by atoms with Crippen molar-refractivity contribution in [3.8, 4) is 0 Å². The van der Waals surface area contributed by atoms with E-state index in [1.54, 1.807) is 31.2 Å². The van der Waals surface area contributed by atoms with E-state index in [1.165, 1.54) is 0 Å². The van der Waals surface area contributed by atoms with Gasteiger partial charge in [-0.3, -0.25) is 0 Å². The first kappa shape index (κ1) is 21.6. The molecule has 0 aliphatic carbocycles. The number of anilines is 1. The molecule has 1 atom stereocenters. The van der Waals surface area contributed by atoms with Gasteiger partial charge in [0, 0.05) is 32.1 Å². The van der Waals surface area contributed by atoms with Gasteiger partial charge in [-0.1, -0.05) is 12.1 Å². The average molecular weight is 407 g/mol. The SMILES string of the molecule is CCNC(=O)Nc1ccc(C2NC(=S)N(C)C(C)=C2C(=O)OCCOC)cc1. The quantitative estimate of drug-likeness (QED) is 0.363. The van der Waals surface area contributed by atoms with Crippen LogP contribution in [0.2, 0.25) is 0 Å². The highest BCUT2D eigenvalue weighted by Gasteiger charge is 2.33. The van der Waals surface area contributed by atoms with Crippen molar-refractivity contribution < 1.29 is 19.1 Å². The number of carbonyl (C=O) groups excluding carboxylic acids is 2. The van der Waals surface area contributed by atoms with Crippen LogP contribution in [0, 0.1) is 0 Å². The van der Waals surface area contributed by atoms with Crippen LogP contribution in [0.1, 0.15) is 25.5 Å². The zero-order valence-electron chi connectivity index (χ0n) is 16.5. The Balaban J connectivity index is 2.26. The van der Waals surface area contributed by atoms with Gasteiger partial charge in [-0.05, 0) is 43.8 Å². The Bertz CT molecular complexity index is 764. The molecule has 0 aromatic heterocycles. The lowest BCUT2D eigenvalue weighted by Gasteiger charge is -2.35. The van der Waals surface area contributed by atoms with Crippen LogP contribution >= 0.6 is 12.2 Å². The number of benzene rings is 1. The van der Waals surface area contributed by atoms with Crippen molar-refractivity contribution in [1.29, 1.82) is 0 Å². The lowest BCUT2D eigenvalue weighted by Crippen LogP contribution is -2.46. The predicted octanol–water partition coefficient (Wildman–Crippen LogP) is 2.15. The molecule has 0 radical (unpaired) electrons. The van der Waals surface area contributed by atoms with Crippen molar-refractivity contribution >= 4 is 35.0 Å². The normalized spacial score (nSPS) is 16.5. The standard InChI is InChI=1S/C19H26N4O4S/c1-5-20-18(25)21-14-8-6-13(7-9-14)16-15(17(24)27-11-10-26-4)12(2)23(3)19(28)22-16/h6-9,16H,5,10-11H2,1-4H3,(H,22,28)(H2,20,21,25). The summed E-state index contributed by atoms with van der Waals surface area (Å²) in [6.07, 6.45) is 0. The fraction of sp³-hybridized carbons (Fsp3) is 0.421. The first-order chi connectivity index (χ1) is 13.4. The second-order valence-corrected chi connectivity index (χ2v) is 6.56. The number of nitrogens with one attached hydrogen (secondary N) is 3. The minimum Gasteiger partial charge on any atom is -0.460 e. The first-order valence-electron chi connectivity index (χ1n) is 8.94. The van der Waals surface area contributed by atoms with Crippen LogP contribution < -0.4 is 16.0 Å². The van der Waals surface area contributed by atoms with E-state index in [0.717, 1.165) is 11.3 Å². The van der Waals surface area contributed by atoms with Crippen molar-refractivity contribution in [3.05, 3.63) is 41.1 Å². The highest BCUT2D eigenvalue weighted by Crippen LogP contribution is 2.31. The van der Waals surface area contributed by atoms with Crippen molar-refractivity contribution in [2.75, 3.05) is 39.2 Å². The molecule has 3 N–H and O–H groups in total. The van der Waals surface area contributed by atoms with Crippen LogP contribution in [-0.2, 0) is 14.3 Å². The van der Waals surface area contributed by atoms with Gasteiger partial charge in [0.05, 0.1) is 18.2 Å². The number of allylic oxidation sites excluding steroid dienone is 1. The predicted molar refractivity (Wildman–Crippen MR) is 111 cm³/mol. The summed E-state index contributed by atoms with van der Waals surface area (Å²) in [7, 11) is 3.34. The Labute approximate surface area is 170 Å². The van der Waals surface area contributed by atoms with E-state index in [9.17, 15) is 9.59 Å². The minimum absolute atomic E-state index is 0.169. The van der Waals surface area contributed by atoms with Crippen molar-refractivity contribution in [3.63, 3.8) is 0 Å². The molecule has 1 aliphatic rings. The maximum atomic E-state index is 12.7. The molecule has 0 saturated carbocycles. The number of hydrogen-bond donors (Lipinski definition) is 3. The number of methoxy groups -OCH3 is 1. The summed E-state index contributed by atoms with van der Waals surface area (Å²) in [5, 5.41) is 9.11. The molecular weight excluding hydrogens is 380 g/mol. The molecule has 1 unspecified atom stereocenters. The van der Waals surface area contributed by atoms with Gasteiger partial charge in [0.15, 0.2) is 5.11 Å². The summed E-state index contributed by atoms with van der Waals surface area (Å²) in [5.41, 5.74) is 2.68. The number of urea groups is 1. The molecule has 2 rings (SSSR count). The van der Waals surface area contributed by atoms with Gasteiger partial charge in [-0.15, -0.1) is 0 Å². The first-order valence-corrected chi connectivity index (χ1v) is 9.35. The summed E-state index contributed by atoms with van der Waals surface area (Å²) in [6.45, 7) is 4.71. The molecule has 0 bridgehead atoms. The van der Waals surface area contributed by atoms with Crippen LogP contribution in [0.5, 0.6) is 0 Å². The fourth-order valence-corrected chi connectivity index (χ4v) is 2.99. The Kier molecular flexibility index (Phi) is 7.77. The topological polar surface area (TPSA) is 91.9 Å². The third kappa shape index (κ3) is 5.20. The zero-order valence-corrected chi connectivity index (χ0v) is 17.3. The largest absolute Gasteiger partial charge is 0.460 e. The molecule has 0 saturated heterocycles. The monoisotopic (exact) mass is 406 g/mol. The van der Waals surface area contributed by atoms with Gasteiger partial charge in [-0.25, -0.2) is 9.59 Å². The van der Waals surface area contributed by atoms with E-state index in [0.29, 0.717) is 29.5 Å². The molecule has 1 heterocycles. The maximum Gasteiger partial charge on any atom is 0.338 e. The van der Waals surface area contributed by atoms with Gasteiger partial charge in [-0.2, -0.15) is 0 Å². The number of esters is 1. The Hall–Kier alpha value is -2.65. The molecule has 1 aliphatic heterocycles. The molecule has 1 aromatic carbocycles. The smallest absolute Gasteiger partial charge is 0.338 e. The Morgan fingerprint density at radius 3 is 2.54 bits per heavy atom. The van der Waals surface area contributed by atoms with Crippen molar-refractivity contribution in [2.24, 2.45) is 0 Å². The van der Waals surface area contributed by atoms with Crippen LogP contribution in [0.3, 0.4) is 0 Å². The lowest BCUT2D eigenvalue weighted by molar-refractivity contribution is -0.140. The molecule has 2 amide bonds. The van der Waals surface area contributed by atoms with Crippen LogP contribution in [0.15, 0.2) is 35.5 Å². The maximum absolute atomic E-state index is 12.7. The summed E-state index contributed by atoms with van der Waals surface area (Å²) in [5.74, 6) is -0.425. The van der Waals surface area contributed by atoms with E-state index in [-0.39, 0.29) is 12.6 Å². The highest BCUT2D eigenvalue weighted by molar-refractivity contribution is 7.80. The summed E-state index contributed by atoms with van der Waals surface area (Å²) in [4.78, 5) is 26.1. The van der Waals surface area contributed by atoms with Gasteiger partial charge in [0.1, 0.15) is 6.61 Å². The van der Waals surface area contributed by atoms with Gasteiger partial charge >= 0.3 is 12.0 Å². The van der Waals surface area contributed by atoms with Crippen LogP contribution in [0.25, 0.3) is 0 Å². The number of hydrogen-bond acceptors (Lipinski definition) is 5. The van der Waals surface area contributed by atoms with Gasteiger partial charge in [0.2, 0.25) is 0 Å². The van der Waals surface area contributed by atoms with Crippen molar-refractivity contribution in [1.82, 2.24) is 15.5 Å². The molecule has 0 fully saturated rings. The summed E-state index contributed by atoms with van der Waals surface area (Å²) >= 11 is 5.38. The second kappa shape index (κ2) is 10.0. The highest BCUT2D eigenvalue weighted by atomic mass is 32.1. The molecule has 0 spiro atoms. The average Bonchev–Trinajstić information content (AvgIpc) is 2.66. The van der Waals surface area contributed by atoms with Gasteiger partial charge < -0.3 is 30.3 Å². The number of thiocarbonyl (C=S) groups is 1. The van der Waals surface area contributed by atoms with E-state index in [1.807, 2.05) is 26.0 Å². The molecule has 28 heavy (non-hydrogen) atoms. The Morgan fingerprint density at radius 2 is 1.93 bits per heavy atom. The van der Waals surface area contributed by atoms with Crippen molar-refractivity contribution in [2.45, 2.75) is 19.9 Å².